The van der Waals surface area contributed by atoms with Gasteiger partial charge in [0.1, 0.15) is 5.82 Å². The third kappa shape index (κ3) is 8.34. The molecular formula is C19H28ClFN4O2S. The molecule has 0 atom stereocenters. The number of piperazine rings is 1. The van der Waals surface area contributed by atoms with Crippen LogP contribution in [0.3, 0.4) is 0 Å². The molecule has 0 aromatic heterocycles. The van der Waals surface area contributed by atoms with Crippen molar-refractivity contribution in [1.29, 1.82) is 0 Å². The van der Waals surface area contributed by atoms with Gasteiger partial charge in [-0.25, -0.2) is 4.39 Å². The van der Waals surface area contributed by atoms with Gasteiger partial charge in [0.25, 0.3) is 0 Å². The second-order valence-corrected chi connectivity index (χ2v) is 8.30. The van der Waals surface area contributed by atoms with Crippen molar-refractivity contribution in [2.24, 2.45) is 5.73 Å². The van der Waals surface area contributed by atoms with Crippen LogP contribution >= 0.6 is 23.4 Å². The minimum absolute atomic E-state index is 0.0129. The van der Waals surface area contributed by atoms with Gasteiger partial charge in [0, 0.05) is 62.0 Å². The standard InChI is InChI=1S/C19H28ClFN4O2S/c20-16-3-1-4-17(21)15(16)13-25-10-8-24(9-11-25)7-2-6-23-19(27)14-28-12-5-18(22)26/h1,3-4H,2,5-14H2,(H2,22,26)(H,23,27). The molecule has 0 saturated carbocycles. The molecule has 1 aromatic rings. The Balaban J connectivity index is 1.55. The molecule has 1 heterocycles. The van der Waals surface area contributed by atoms with Gasteiger partial charge < -0.3 is 16.0 Å². The minimum Gasteiger partial charge on any atom is -0.370 e. The zero-order valence-corrected chi connectivity index (χ0v) is 17.5. The lowest BCUT2D eigenvalue weighted by molar-refractivity contribution is -0.119. The molecule has 0 spiro atoms. The van der Waals surface area contributed by atoms with E-state index in [0.717, 1.165) is 39.1 Å². The van der Waals surface area contributed by atoms with Crippen LogP contribution in [0.4, 0.5) is 4.39 Å². The zero-order chi connectivity index (χ0) is 20.4. The first-order chi connectivity index (χ1) is 13.5. The number of carbonyl (C=O) groups is 2. The van der Waals surface area contributed by atoms with E-state index in [1.54, 1.807) is 12.1 Å². The predicted molar refractivity (Wildman–Crippen MR) is 112 cm³/mol. The summed E-state index contributed by atoms with van der Waals surface area (Å²) in [6, 6.07) is 4.79. The second-order valence-electron chi connectivity index (χ2n) is 6.79. The van der Waals surface area contributed by atoms with Crippen molar-refractivity contribution >= 4 is 35.2 Å². The topological polar surface area (TPSA) is 78.7 Å². The van der Waals surface area contributed by atoms with E-state index < -0.39 is 0 Å². The summed E-state index contributed by atoms with van der Waals surface area (Å²) in [6.07, 6.45) is 1.18. The molecule has 1 aliphatic rings. The van der Waals surface area contributed by atoms with Crippen LogP contribution in [0.2, 0.25) is 5.02 Å². The number of thioether (sulfide) groups is 1. The van der Waals surface area contributed by atoms with Crippen LogP contribution in [-0.2, 0) is 16.1 Å². The van der Waals surface area contributed by atoms with Gasteiger partial charge in [-0.2, -0.15) is 11.8 Å². The number of primary amides is 1. The Morgan fingerprint density at radius 3 is 2.61 bits per heavy atom. The van der Waals surface area contributed by atoms with E-state index in [1.165, 1.54) is 17.8 Å². The monoisotopic (exact) mass is 430 g/mol. The second kappa shape index (κ2) is 12.3. The lowest BCUT2D eigenvalue weighted by atomic mass is 10.2. The zero-order valence-electron chi connectivity index (χ0n) is 16.0. The number of nitrogens with two attached hydrogens (primary N) is 1. The van der Waals surface area contributed by atoms with E-state index in [1.807, 2.05) is 0 Å². The molecule has 156 valence electrons. The van der Waals surface area contributed by atoms with Gasteiger partial charge in [0.05, 0.1) is 5.75 Å². The average molecular weight is 431 g/mol. The molecule has 28 heavy (non-hydrogen) atoms. The van der Waals surface area contributed by atoms with Crippen LogP contribution in [-0.4, -0.2) is 72.4 Å². The highest BCUT2D eigenvalue weighted by atomic mass is 35.5. The van der Waals surface area contributed by atoms with E-state index in [-0.39, 0.29) is 17.6 Å². The van der Waals surface area contributed by atoms with Crippen molar-refractivity contribution in [2.75, 3.05) is 50.8 Å². The van der Waals surface area contributed by atoms with E-state index in [2.05, 4.69) is 15.1 Å². The number of amides is 2. The molecule has 0 bridgehead atoms. The van der Waals surface area contributed by atoms with Gasteiger partial charge in [-0.1, -0.05) is 17.7 Å². The quantitative estimate of drug-likeness (QED) is 0.522. The number of halogens is 2. The van der Waals surface area contributed by atoms with Crippen LogP contribution in [0.15, 0.2) is 18.2 Å². The average Bonchev–Trinajstić information content (AvgIpc) is 2.66. The fourth-order valence-corrected chi connectivity index (χ4v) is 4.00. The Bertz CT molecular complexity index is 637. The molecule has 2 amide bonds. The number of rotatable bonds is 11. The lowest BCUT2D eigenvalue weighted by Crippen LogP contribution is -2.46. The Hall–Kier alpha value is -1.35. The Morgan fingerprint density at radius 2 is 1.93 bits per heavy atom. The smallest absolute Gasteiger partial charge is 0.229 e. The first-order valence-electron chi connectivity index (χ1n) is 9.46. The SMILES string of the molecule is NC(=O)CCSCC(=O)NCCCN1CCN(Cc2c(F)cccc2Cl)CC1. The third-order valence-corrected chi connectivity index (χ3v) is 5.92. The number of carbonyl (C=O) groups excluding carboxylic acids is 2. The summed E-state index contributed by atoms with van der Waals surface area (Å²) < 4.78 is 13.9. The van der Waals surface area contributed by atoms with Crippen molar-refractivity contribution < 1.29 is 14.0 Å². The highest BCUT2D eigenvalue weighted by Crippen LogP contribution is 2.21. The molecule has 2 rings (SSSR count). The van der Waals surface area contributed by atoms with Crippen LogP contribution in [0, 0.1) is 5.82 Å². The predicted octanol–water partition coefficient (Wildman–Crippen LogP) is 1.71. The van der Waals surface area contributed by atoms with Gasteiger partial charge in [0.2, 0.25) is 11.8 Å². The van der Waals surface area contributed by atoms with Crippen molar-refractivity contribution in [3.05, 3.63) is 34.6 Å². The maximum absolute atomic E-state index is 13.9. The summed E-state index contributed by atoms with van der Waals surface area (Å²) >= 11 is 7.52. The Morgan fingerprint density at radius 1 is 1.21 bits per heavy atom. The van der Waals surface area contributed by atoms with E-state index >= 15 is 0 Å². The number of nitrogens with one attached hydrogen (secondary N) is 1. The molecule has 0 unspecified atom stereocenters. The molecule has 1 aromatic carbocycles. The van der Waals surface area contributed by atoms with E-state index in [4.69, 9.17) is 17.3 Å². The van der Waals surface area contributed by atoms with Gasteiger partial charge in [-0.15, -0.1) is 0 Å². The molecule has 6 nitrogen and oxygen atoms in total. The summed E-state index contributed by atoms with van der Waals surface area (Å²) in [4.78, 5) is 26.9. The summed E-state index contributed by atoms with van der Waals surface area (Å²) in [7, 11) is 0. The Kier molecular flexibility index (Phi) is 10.0. The summed E-state index contributed by atoms with van der Waals surface area (Å²) in [5.74, 6) is 0.319. The summed E-state index contributed by atoms with van der Waals surface area (Å²) in [5.41, 5.74) is 5.62. The molecular weight excluding hydrogens is 403 g/mol. The van der Waals surface area contributed by atoms with Crippen molar-refractivity contribution in [2.45, 2.75) is 19.4 Å². The first-order valence-corrected chi connectivity index (χ1v) is 11.0. The normalized spacial score (nSPS) is 15.5. The maximum Gasteiger partial charge on any atom is 0.229 e. The van der Waals surface area contributed by atoms with Crippen molar-refractivity contribution in [1.82, 2.24) is 15.1 Å². The van der Waals surface area contributed by atoms with Crippen molar-refractivity contribution in [3.8, 4) is 0 Å². The number of nitrogens with zero attached hydrogens (tertiary/aromatic N) is 2. The molecule has 0 radical (unpaired) electrons. The summed E-state index contributed by atoms with van der Waals surface area (Å²) in [6.45, 7) is 5.67. The molecule has 3 N–H and O–H groups in total. The van der Waals surface area contributed by atoms with Gasteiger partial charge in [0.15, 0.2) is 0 Å². The van der Waals surface area contributed by atoms with Gasteiger partial charge >= 0.3 is 0 Å². The Labute approximate surface area is 174 Å². The molecule has 1 fully saturated rings. The molecule has 0 aliphatic carbocycles. The fourth-order valence-electron chi connectivity index (χ4n) is 3.00. The molecule has 1 saturated heterocycles. The summed E-state index contributed by atoms with van der Waals surface area (Å²) in [5, 5.41) is 3.37. The third-order valence-electron chi connectivity index (χ3n) is 4.61. The highest BCUT2D eigenvalue weighted by molar-refractivity contribution is 7.99. The van der Waals surface area contributed by atoms with Crippen LogP contribution in [0.25, 0.3) is 0 Å². The largest absolute Gasteiger partial charge is 0.370 e. The van der Waals surface area contributed by atoms with Gasteiger partial charge in [-0.05, 0) is 25.1 Å². The number of hydrogen-bond acceptors (Lipinski definition) is 5. The first kappa shape index (κ1) is 22.9. The van der Waals surface area contributed by atoms with Crippen LogP contribution in [0.1, 0.15) is 18.4 Å². The number of hydrogen-bond donors (Lipinski definition) is 2. The van der Waals surface area contributed by atoms with Gasteiger partial charge in [-0.3, -0.25) is 14.5 Å². The van der Waals surface area contributed by atoms with E-state index in [9.17, 15) is 14.0 Å². The number of benzene rings is 1. The molecule has 9 heteroatoms. The highest BCUT2D eigenvalue weighted by Gasteiger charge is 2.19. The fraction of sp³-hybridized carbons (Fsp3) is 0.579. The van der Waals surface area contributed by atoms with Crippen LogP contribution < -0.4 is 11.1 Å². The van der Waals surface area contributed by atoms with Crippen LogP contribution in [0.5, 0.6) is 0 Å². The lowest BCUT2D eigenvalue weighted by Gasteiger charge is -2.34. The van der Waals surface area contributed by atoms with Crippen molar-refractivity contribution in [3.63, 3.8) is 0 Å². The minimum atomic E-state index is -0.343. The molecule has 1 aliphatic heterocycles. The van der Waals surface area contributed by atoms with E-state index in [0.29, 0.717) is 41.6 Å². The maximum atomic E-state index is 13.9.